The first-order valence-corrected chi connectivity index (χ1v) is 8.10. The topological polar surface area (TPSA) is 44.7 Å². The van der Waals surface area contributed by atoms with Gasteiger partial charge >= 0.3 is 0 Å². The molecule has 0 spiro atoms. The van der Waals surface area contributed by atoms with Gasteiger partial charge in [-0.3, -0.25) is 9.69 Å². The highest BCUT2D eigenvalue weighted by Crippen LogP contribution is 2.21. The molecule has 0 bridgehead atoms. The number of nitrogens with zero attached hydrogens (tertiary/aromatic N) is 2. The number of carbonyl (C=O) groups excluding carboxylic acids is 1. The maximum absolute atomic E-state index is 11.8. The van der Waals surface area contributed by atoms with Crippen LogP contribution in [0.15, 0.2) is 29.4 Å². The molecule has 0 saturated carbocycles. The minimum atomic E-state index is -0.0375. The Kier molecular flexibility index (Phi) is 5.72. The van der Waals surface area contributed by atoms with Crippen LogP contribution in [-0.2, 0) is 10.2 Å². The van der Waals surface area contributed by atoms with E-state index in [1.807, 2.05) is 12.1 Å². The molecular formula is C18H27N3O. The molecule has 0 aromatic heterocycles. The van der Waals surface area contributed by atoms with Crippen LogP contribution < -0.4 is 5.43 Å². The Morgan fingerprint density at radius 1 is 1.18 bits per heavy atom. The third-order valence-corrected chi connectivity index (χ3v) is 4.00. The van der Waals surface area contributed by atoms with Crippen molar-refractivity contribution in [3.05, 3.63) is 35.4 Å². The van der Waals surface area contributed by atoms with Crippen molar-refractivity contribution in [3.8, 4) is 0 Å². The van der Waals surface area contributed by atoms with E-state index in [9.17, 15) is 4.79 Å². The lowest BCUT2D eigenvalue weighted by Crippen LogP contribution is -2.38. The Bertz CT molecular complexity index is 508. The lowest BCUT2D eigenvalue weighted by molar-refractivity contribution is -0.122. The number of benzene rings is 1. The van der Waals surface area contributed by atoms with Gasteiger partial charge in [-0.1, -0.05) is 51.5 Å². The number of nitrogens with one attached hydrogen (secondary N) is 1. The molecule has 0 aliphatic carbocycles. The van der Waals surface area contributed by atoms with Crippen molar-refractivity contribution >= 4 is 12.1 Å². The number of hydrogen-bond acceptors (Lipinski definition) is 3. The number of piperidine rings is 1. The number of hydrazone groups is 1. The molecule has 1 aliphatic heterocycles. The molecule has 1 saturated heterocycles. The fourth-order valence-corrected chi connectivity index (χ4v) is 2.60. The van der Waals surface area contributed by atoms with Crippen LogP contribution in [0.2, 0.25) is 0 Å². The van der Waals surface area contributed by atoms with Crippen LogP contribution >= 0.6 is 0 Å². The van der Waals surface area contributed by atoms with E-state index in [-0.39, 0.29) is 11.3 Å². The summed E-state index contributed by atoms with van der Waals surface area (Å²) in [6.07, 6.45) is 5.36. The molecule has 0 atom stereocenters. The predicted molar refractivity (Wildman–Crippen MR) is 91.2 cm³/mol. The van der Waals surface area contributed by atoms with Crippen molar-refractivity contribution in [1.29, 1.82) is 0 Å². The van der Waals surface area contributed by atoms with Crippen LogP contribution in [0.1, 0.15) is 51.2 Å². The highest BCUT2D eigenvalue weighted by Gasteiger charge is 2.13. The summed E-state index contributed by atoms with van der Waals surface area (Å²) in [5.74, 6) is -0.0375. The van der Waals surface area contributed by atoms with E-state index >= 15 is 0 Å². The molecule has 4 nitrogen and oxygen atoms in total. The fourth-order valence-electron chi connectivity index (χ4n) is 2.60. The Balaban J connectivity index is 1.80. The molecule has 1 aromatic carbocycles. The Morgan fingerprint density at radius 3 is 2.41 bits per heavy atom. The highest BCUT2D eigenvalue weighted by atomic mass is 16.2. The fraction of sp³-hybridized carbons (Fsp3) is 0.556. The van der Waals surface area contributed by atoms with Crippen LogP contribution in [0.3, 0.4) is 0 Å². The first-order chi connectivity index (χ1) is 10.4. The van der Waals surface area contributed by atoms with Crippen LogP contribution in [0.25, 0.3) is 0 Å². The number of hydrogen-bond donors (Lipinski definition) is 1. The summed E-state index contributed by atoms with van der Waals surface area (Å²) in [4.78, 5) is 14.0. The molecule has 1 amide bonds. The predicted octanol–water partition coefficient (Wildman–Crippen LogP) is 2.92. The quantitative estimate of drug-likeness (QED) is 0.686. The van der Waals surface area contributed by atoms with E-state index < -0.39 is 0 Å². The molecule has 1 aliphatic rings. The summed E-state index contributed by atoms with van der Waals surface area (Å²) in [5, 5.41) is 4.05. The van der Waals surface area contributed by atoms with Gasteiger partial charge in [0.1, 0.15) is 0 Å². The van der Waals surface area contributed by atoms with Crippen molar-refractivity contribution < 1.29 is 4.79 Å². The van der Waals surface area contributed by atoms with Crippen LogP contribution in [0.4, 0.5) is 0 Å². The van der Waals surface area contributed by atoms with Crippen molar-refractivity contribution in [2.24, 2.45) is 5.10 Å². The summed E-state index contributed by atoms with van der Waals surface area (Å²) in [6, 6.07) is 8.27. The van der Waals surface area contributed by atoms with Gasteiger partial charge in [0, 0.05) is 0 Å². The number of carbonyl (C=O) groups is 1. The van der Waals surface area contributed by atoms with Crippen molar-refractivity contribution in [3.63, 3.8) is 0 Å². The van der Waals surface area contributed by atoms with E-state index in [0.717, 1.165) is 18.7 Å². The van der Waals surface area contributed by atoms with Gasteiger partial charge in [-0.2, -0.15) is 5.10 Å². The zero-order valence-corrected chi connectivity index (χ0v) is 13.9. The monoisotopic (exact) mass is 301 g/mol. The third kappa shape index (κ3) is 5.26. The molecule has 1 fully saturated rings. The molecule has 1 aromatic rings. The van der Waals surface area contributed by atoms with E-state index in [4.69, 9.17) is 0 Å². The SMILES string of the molecule is CC(C)(C)c1ccc(/C=N\NC(=O)CN2CCCCC2)cc1. The molecule has 2 rings (SSSR count). The van der Waals surface area contributed by atoms with Crippen LogP contribution in [0, 0.1) is 0 Å². The Labute approximate surface area is 133 Å². The van der Waals surface area contributed by atoms with Gasteiger partial charge in [-0.25, -0.2) is 5.43 Å². The van der Waals surface area contributed by atoms with Gasteiger partial charge in [0.25, 0.3) is 5.91 Å². The van der Waals surface area contributed by atoms with E-state index in [2.05, 4.69) is 48.3 Å². The van der Waals surface area contributed by atoms with Crippen molar-refractivity contribution in [2.45, 2.75) is 45.4 Å². The summed E-state index contributed by atoms with van der Waals surface area (Å²) < 4.78 is 0. The smallest absolute Gasteiger partial charge is 0.254 e. The molecule has 1 heterocycles. The van der Waals surface area contributed by atoms with E-state index in [1.54, 1.807) is 6.21 Å². The van der Waals surface area contributed by atoms with Gasteiger partial charge in [-0.15, -0.1) is 0 Å². The Hall–Kier alpha value is -1.68. The minimum absolute atomic E-state index is 0.0375. The first-order valence-electron chi connectivity index (χ1n) is 8.10. The van der Waals surface area contributed by atoms with Crippen LogP contribution in [-0.4, -0.2) is 36.7 Å². The largest absolute Gasteiger partial charge is 0.294 e. The second-order valence-corrected chi connectivity index (χ2v) is 7.00. The third-order valence-electron chi connectivity index (χ3n) is 4.00. The van der Waals surface area contributed by atoms with E-state index in [0.29, 0.717) is 6.54 Å². The van der Waals surface area contributed by atoms with E-state index in [1.165, 1.54) is 24.8 Å². The van der Waals surface area contributed by atoms with Gasteiger partial charge in [0.05, 0.1) is 12.8 Å². The summed E-state index contributed by atoms with van der Waals surface area (Å²) in [6.45, 7) is 9.06. The van der Waals surface area contributed by atoms with Gasteiger partial charge in [0.15, 0.2) is 0 Å². The summed E-state index contributed by atoms with van der Waals surface area (Å²) in [7, 11) is 0. The Morgan fingerprint density at radius 2 is 1.82 bits per heavy atom. The second kappa shape index (κ2) is 7.54. The highest BCUT2D eigenvalue weighted by molar-refractivity contribution is 5.83. The summed E-state index contributed by atoms with van der Waals surface area (Å²) in [5.41, 5.74) is 5.05. The standard InChI is InChI=1S/C18H27N3O/c1-18(2,3)16-9-7-15(8-10-16)13-19-20-17(22)14-21-11-5-4-6-12-21/h7-10,13H,4-6,11-12,14H2,1-3H3,(H,20,22)/b19-13-. The number of rotatable bonds is 4. The maximum Gasteiger partial charge on any atom is 0.254 e. The molecule has 22 heavy (non-hydrogen) atoms. The van der Waals surface area contributed by atoms with Crippen LogP contribution in [0.5, 0.6) is 0 Å². The zero-order chi connectivity index (χ0) is 16.0. The molecule has 0 unspecified atom stereocenters. The average molecular weight is 301 g/mol. The number of likely N-dealkylation sites (tertiary alicyclic amines) is 1. The minimum Gasteiger partial charge on any atom is -0.294 e. The van der Waals surface area contributed by atoms with Gasteiger partial charge in [0.2, 0.25) is 0 Å². The maximum atomic E-state index is 11.8. The molecule has 4 heteroatoms. The lowest BCUT2D eigenvalue weighted by Gasteiger charge is -2.25. The molecular weight excluding hydrogens is 274 g/mol. The molecule has 1 N–H and O–H groups in total. The van der Waals surface area contributed by atoms with Gasteiger partial charge in [-0.05, 0) is 42.5 Å². The van der Waals surface area contributed by atoms with Crippen molar-refractivity contribution in [1.82, 2.24) is 10.3 Å². The molecule has 120 valence electrons. The zero-order valence-electron chi connectivity index (χ0n) is 13.9. The lowest BCUT2D eigenvalue weighted by atomic mass is 9.87. The van der Waals surface area contributed by atoms with Gasteiger partial charge < -0.3 is 0 Å². The first kappa shape index (κ1) is 16.7. The second-order valence-electron chi connectivity index (χ2n) is 7.00. The average Bonchev–Trinajstić information content (AvgIpc) is 2.48. The number of amides is 1. The summed E-state index contributed by atoms with van der Waals surface area (Å²) >= 11 is 0. The van der Waals surface area contributed by atoms with Crippen molar-refractivity contribution in [2.75, 3.05) is 19.6 Å². The molecule has 0 radical (unpaired) electrons. The normalized spacial score (nSPS) is 16.9.